The Morgan fingerprint density at radius 2 is 2.26 bits per heavy atom. The number of hydrogen-bond acceptors (Lipinski definition) is 5. The Morgan fingerprint density at radius 3 is 2.74 bits per heavy atom. The molecule has 6 nitrogen and oxygen atoms in total. The summed E-state index contributed by atoms with van der Waals surface area (Å²) in [6.07, 6.45) is 2.75. The molecule has 0 saturated carbocycles. The molecule has 0 aliphatic heterocycles. The fourth-order valence-corrected chi connectivity index (χ4v) is 2.43. The maximum absolute atomic E-state index is 11.1. The summed E-state index contributed by atoms with van der Waals surface area (Å²) in [6.45, 7) is 1.97. The molecule has 0 aliphatic carbocycles. The highest BCUT2D eigenvalue weighted by molar-refractivity contribution is 7.98. The quantitative estimate of drug-likeness (QED) is 0.591. The molecule has 2 N–H and O–H groups in total. The monoisotopic (exact) mass is 284 g/mol. The van der Waals surface area contributed by atoms with Gasteiger partial charge in [-0.05, 0) is 24.8 Å². The van der Waals surface area contributed by atoms with E-state index >= 15 is 0 Å². The highest BCUT2D eigenvalue weighted by Crippen LogP contribution is 2.29. The first-order chi connectivity index (χ1) is 9.01. The van der Waals surface area contributed by atoms with Crippen molar-refractivity contribution in [2.45, 2.75) is 19.4 Å². The van der Waals surface area contributed by atoms with E-state index in [2.05, 4.69) is 5.32 Å². The minimum atomic E-state index is -1.30. The number of aromatic carboxylic acids is 1. The van der Waals surface area contributed by atoms with Crippen LogP contribution in [0.1, 0.15) is 23.7 Å². The summed E-state index contributed by atoms with van der Waals surface area (Å²) in [5.74, 6) is -0.501. The predicted octanol–water partition coefficient (Wildman–Crippen LogP) is 2.85. The van der Waals surface area contributed by atoms with Crippen LogP contribution in [-0.4, -0.2) is 34.0 Å². The number of carbonyl (C=O) groups is 1. The molecule has 0 radical (unpaired) electrons. The number of rotatable bonds is 7. The van der Waals surface area contributed by atoms with E-state index in [1.54, 1.807) is 11.8 Å². The van der Waals surface area contributed by atoms with Gasteiger partial charge < -0.3 is 10.4 Å². The minimum absolute atomic E-state index is 0.0674. The third-order valence-electron chi connectivity index (χ3n) is 2.67. The largest absolute Gasteiger partial charge is 0.477 e. The molecule has 1 aromatic rings. The number of carboxylic acid groups (broad SMARTS) is 1. The van der Waals surface area contributed by atoms with Crippen LogP contribution in [0, 0.1) is 10.1 Å². The van der Waals surface area contributed by atoms with Gasteiger partial charge in [0, 0.05) is 11.8 Å². The Balaban J connectivity index is 3.16. The molecular formula is C12H16N2O4S. The number of para-hydroxylation sites is 1. The molecule has 0 amide bonds. The number of nitro benzene ring substituents is 1. The maximum atomic E-state index is 11.1. The molecule has 1 rings (SSSR count). The fraction of sp³-hybridized carbons (Fsp3) is 0.417. The van der Waals surface area contributed by atoms with Gasteiger partial charge in [-0.15, -0.1) is 0 Å². The number of anilines is 1. The summed E-state index contributed by atoms with van der Waals surface area (Å²) >= 11 is 1.63. The molecular weight excluding hydrogens is 268 g/mol. The molecule has 19 heavy (non-hydrogen) atoms. The second-order valence-corrected chi connectivity index (χ2v) is 4.88. The molecule has 0 aliphatic rings. The lowest BCUT2D eigenvalue weighted by molar-refractivity contribution is -0.384. The van der Waals surface area contributed by atoms with Gasteiger partial charge in [0.25, 0.3) is 0 Å². The van der Waals surface area contributed by atoms with Crippen LogP contribution in [0.2, 0.25) is 0 Å². The normalized spacial score (nSPS) is 11.9. The smallest absolute Gasteiger partial charge is 0.342 e. The van der Waals surface area contributed by atoms with Crippen LogP contribution < -0.4 is 5.32 Å². The van der Waals surface area contributed by atoms with Gasteiger partial charge >= 0.3 is 11.7 Å². The van der Waals surface area contributed by atoms with Crippen LogP contribution in [0.4, 0.5) is 11.4 Å². The summed E-state index contributed by atoms with van der Waals surface area (Å²) in [5.41, 5.74) is -0.422. The van der Waals surface area contributed by atoms with Crippen LogP contribution in [0.15, 0.2) is 18.2 Å². The first-order valence-electron chi connectivity index (χ1n) is 5.77. The lowest BCUT2D eigenvalue weighted by Crippen LogP contribution is -2.22. The zero-order valence-electron chi connectivity index (χ0n) is 10.8. The zero-order valence-corrected chi connectivity index (χ0v) is 11.6. The number of benzene rings is 1. The zero-order chi connectivity index (χ0) is 14.4. The van der Waals surface area contributed by atoms with E-state index in [-0.39, 0.29) is 23.0 Å². The van der Waals surface area contributed by atoms with Gasteiger partial charge in [-0.1, -0.05) is 13.0 Å². The Kier molecular flexibility index (Phi) is 5.62. The summed E-state index contributed by atoms with van der Waals surface area (Å²) in [6, 6.07) is 4.34. The summed E-state index contributed by atoms with van der Waals surface area (Å²) in [5, 5.41) is 23.1. The molecule has 0 aromatic heterocycles. The van der Waals surface area contributed by atoms with Crippen LogP contribution in [0.3, 0.4) is 0 Å². The lowest BCUT2D eigenvalue weighted by Gasteiger charge is -2.17. The first-order valence-corrected chi connectivity index (χ1v) is 7.16. The predicted molar refractivity (Wildman–Crippen MR) is 76.1 cm³/mol. The fourth-order valence-electron chi connectivity index (χ4n) is 1.71. The third kappa shape index (κ3) is 3.85. The Morgan fingerprint density at radius 1 is 1.58 bits per heavy atom. The number of nitrogens with one attached hydrogen (secondary N) is 1. The van der Waals surface area contributed by atoms with E-state index in [9.17, 15) is 14.9 Å². The van der Waals surface area contributed by atoms with E-state index in [0.29, 0.717) is 0 Å². The Hall–Kier alpha value is -1.76. The Labute approximate surface area is 115 Å². The molecule has 0 bridgehead atoms. The van der Waals surface area contributed by atoms with Crippen LogP contribution in [0.25, 0.3) is 0 Å². The van der Waals surface area contributed by atoms with Crippen LogP contribution in [0.5, 0.6) is 0 Å². The molecule has 0 spiro atoms. The molecule has 1 atom stereocenters. The SMILES string of the molecule is CCC(CSC)Nc1cccc(C(=O)O)c1[N+](=O)[O-]. The second kappa shape index (κ2) is 6.98. The van der Waals surface area contributed by atoms with E-state index < -0.39 is 10.9 Å². The van der Waals surface area contributed by atoms with E-state index in [0.717, 1.165) is 12.2 Å². The summed E-state index contributed by atoms with van der Waals surface area (Å²) in [4.78, 5) is 21.4. The van der Waals surface area contributed by atoms with Gasteiger partial charge in [0.15, 0.2) is 0 Å². The first kappa shape index (κ1) is 15.3. The second-order valence-electron chi connectivity index (χ2n) is 3.97. The highest BCUT2D eigenvalue weighted by Gasteiger charge is 2.25. The third-order valence-corrected chi connectivity index (χ3v) is 3.40. The van der Waals surface area contributed by atoms with Gasteiger partial charge in [0.1, 0.15) is 11.3 Å². The molecule has 7 heteroatoms. The average molecular weight is 284 g/mol. The van der Waals surface area contributed by atoms with Crippen molar-refractivity contribution in [2.24, 2.45) is 0 Å². The average Bonchev–Trinajstić information content (AvgIpc) is 2.37. The molecule has 1 unspecified atom stereocenters. The Bertz CT molecular complexity index is 479. The minimum Gasteiger partial charge on any atom is -0.477 e. The molecule has 0 fully saturated rings. The van der Waals surface area contributed by atoms with Crippen LogP contribution in [-0.2, 0) is 0 Å². The van der Waals surface area contributed by atoms with Crippen molar-refractivity contribution in [1.82, 2.24) is 0 Å². The van der Waals surface area contributed by atoms with Gasteiger partial charge in [-0.25, -0.2) is 4.79 Å². The standard InChI is InChI=1S/C12H16N2O4S/c1-3-8(7-19-2)13-10-6-4-5-9(12(15)16)11(10)14(17)18/h4-6,8,13H,3,7H2,1-2H3,(H,15,16). The van der Waals surface area contributed by atoms with Crippen molar-refractivity contribution < 1.29 is 14.8 Å². The van der Waals surface area contributed by atoms with Gasteiger partial charge in [-0.2, -0.15) is 11.8 Å². The van der Waals surface area contributed by atoms with Crippen molar-refractivity contribution in [1.29, 1.82) is 0 Å². The molecule has 0 heterocycles. The van der Waals surface area contributed by atoms with E-state index in [1.807, 2.05) is 13.2 Å². The molecule has 1 aromatic carbocycles. The topological polar surface area (TPSA) is 92.5 Å². The van der Waals surface area contributed by atoms with Crippen molar-refractivity contribution in [3.8, 4) is 0 Å². The van der Waals surface area contributed by atoms with Gasteiger partial charge in [-0.3, -0.25) is 10.1 Å². The van der Waals surface area contributed by atoms with Crippen LogP contribution >= 0.6 is 11.8 Å². The molecule has 0 saturated heterocycles. The van der Waals surface area contributed by atoms with Gasteiger partial charge in [0.2, 0.25) is 0 Å². The maximum Gasteiger partial charge on any atom is 0.342 e. The summed E-state index contributed by atoms with van der Waals surface area (Å²) in [7, 11) is 0. The number of thioether (sulfide) groups is 1. The van der Waals surface area contributed by atoms with Gasteiger partial charge in [0.05, 0.1) is 4.92 Å². The number of hydrogen-bond donors (Lipinski definition) is 2. The van der Waals surface area contributed by atoms with Crippen molar-refractivity contribution >= 4 is 29.1 Å². The van der Waals surface area contributed by atoms with Crippen molar-refractivity contribution in [2.75, 3.05) is 17.3 Å². The van der Waals surface area contributed by atoms with E-state index in [1.165, 1.54) is 18.2 Å². The van der Waals surface area contributed by atoms with Crippen molar-refractivity contribution in [3.05, 3.63) is 33.9 Å². The number of nitrogens with zero attached hydrogens (tertiary/aromatic N) is 1. The summed E-state index contributed by atoms with van der Waals surface area (Å²) < 4.78 is 0. The molecule has 104 valence electrons. The van der Waals surface area contributed by atoms with E-state index in [4.69, 9.17) is 5.11 Å². The lowest BCUT2D eigenvalue weighted by atomic mass is 10.1. The number of carboxylic acids is 1. The van der Waals surface area contributed by atoms with Crippen molar-refractivity contribution in [3.63, 3.8) is 0 Å². The number of nitro groups is 1. The highest BCUT2D eigenvalue weighted by atomic mass is 32.2.